The fraction of sp³-hybridized carbons (Fsp3) is 0.250. The summed E-state index contributed by atoms with van der Waals surface area (Å²) in [7, 11) is 0. The van der Waals surface area contributed by atoms with Crippen LogP contribution in [-0.4, -0.2) is 11.5 Å². The molecule has 0 fully saturated rings. The van der Waals surface area contributed by atoms with Gasteiger partial charge < -0.3 is 5.32 Å². The summed E-state index contributed by atoms with van der Waals surface area (Å²) in [6.45, 7) is 2.43. The van der Waals surface area contributed by atoms with E-state index in [4.69, 9.17) is 0 Å². The highest BCUT2D eigenvalue weighted by molar-refractivity contribution is 5.51. The number of nitro benzene ring substituents is 1. The van der Waals surface area contributed by atoms with E-state index in [1.807, 2.05) is 6.92 Å². The van der Waals surface area contributed by atoms with Gasteiger partial charge in [0.2, 0.25) is 0 Å². The van der Waals surface area contributed by atoms with Gasteiger partial charge in [-0.2, -0.15) is 0 Å². The maximum absolute atomic E-state index is 12.8. The molecule has 1 N–H and O–H groups in total. The van der Waals surface area contributed by atoms with Crippen molar-refractivity contribution < 1.29 is 9.31 Å². The minimum absolute atomic E-state index is 0.240. The molecule has 1 aromatic carbocycles. The van der Waals surface area contributed by atoms with Crippen LogP contribution in [-0.2, 0) is 0 Å². The number of benzene rings is 1. The summed E-state index contributed by atoms with van der Waals surface area (Å²) in [6, 6.07) is 3.41. The molecule has 0 aliphatic rings. The maximum atomic E-state index is 12.8. The van der Waals surface area contributed by atoms with Crippen molar-refractivity contribution in [3.05, 3.63) is 34.1 Å². The van der Waals surface area contributed by atoms with Gasteiger partial charge >= 0.3 is 0 Å². The van der Waals surface area contributed by atoms with Crippen molar-refractivity contribution in [3.8, 4) is 0 Å². The maximum Gasteiger partial charge on any atom is 0.274 e. The van der Waals surface area contributed by atoms with Crippen LogP contribution in [0.3, 0.4) is 0 Å². The molecular weight excluding hydrogens is 175 g/mol. The first-order valence-electron chi connectivity index (χ1n) is 3.82. The van der Waals surface area contributed by atoms with Gasteiger partial charge in [-0.05, 0) is 13.0 Å². The molecule has 0 unspecified atom stereocenters. The Morgan fingerprint density at radius 1 is 1.54 bits per heavy atom. The summed E-state index contributed by atoms with van der Waals surface area (Å²) in [5, 5.41) is 13.1. The van der Waals surface area contributed by atoms with Crippen molar-refractivity contribution in [2.24, 2.45) is 0 Å². The molecule has 0 atom stereocenters. The lowest BCUT2D eigenvalue weighted by Gasteiger charge is -2.02. The SMILES string of the molecule is CCNc1cc(F)cc([N+](=O)[O-])c1. The molecule has 4 nitrogen and oxygen atoms in total. The highest BCUT2D eigenvalue weighted by Crippen LogP contribution is 2.19. The third kappa shape index (κ3) is 2.40. The van der Waals surface area contributed by atoms with Crippen LogP contribution in [0.25, 0.3) is 0 Å². The van der Waals surface area contributed by atoms with Gasteiger partial charge in [-0.3, -0.25) is 10.1 Å². The van der Waals surface area contributed by atoms with Crippen LogP contribution in [0, 0.1) is 15.9 Å². The first kappa shape index (κ1) is 9.44. The number of nitrogens with zero attached hydrogens (tertiary/aromatic N) is 1. The van der Waals surface area contributed by atoms with Gasteiger partial charge in [0.05, 0.1) is 11.0 Å². The molecule has 0 spiro atoms. The smallest absolute Gasteiger partial charge is 0.274 e. The van der Waals surface area contributed by atoms with Crippen LogP contribution in [0.4, 0.5) is 15.8 Å². The molecule has 5 heteroatoms. The Kier molecular flexibility index (Phi) is 2.79. The minimum Gasteiger partial charge on any atom is -0.385 e. The summed E-state index contributed by atoms with van der Waals surface area (Å²) >= 11 is 0. The number of non-ortho nitro benzene ring substituents is 1. The summed E-state index contributed by atoms with van der Waals surface area (Å²) in [6.07, 6.45) is 0. The Labute approximate surface area is 74.5 Å². The molecule has 13 heavy (non-hydrogen) atoms. The van der Waals surface area contributed by atoms with E-state index in [0.717, 1.165) is 6.07 Å². The van der Waals surface area contributed by atoms with E-state index >= 15 is 0 Å². The van der Waals surface area contributed by atoms with E-state index in [-0.39, 0.29) is 5.69 Å². The average molecular weight is 184 g/mol. The normalized spacial score (nSPS) is 9.69. The molecule has 1 rings (SSSR count). The topological polar surface area (TPSA) is 55.2 Å². The Balaban J connectivity index is 3.03. The molecule has 70 valence electrons. The fourth-order valence-corrected chi connectivity index (χ4v) is 0.986. The predicted molar refractivity (Wildman–Crippen MR) is 47.2 cm³/mol. The van der Waals surface area contributed by atoms with Crippen LogP contribution in [0.5, 0.6) is 0 Å². The second-order valence-corrected chi connectivity index (χ2v) is 2.49. The highest BCUT2D eigenvalue weighted by Gasteiger charge is 2.08. The van der Waals surface area contributed by atoms with Crippen LogP contribution in [0.1, 0.15) is 6.92 Å². The van der Waals surface area contributed by atoms with Crippen molar-refractivity contribution in [2.45, 2.75) is 6.92 Å². The molecular formula is C8H9FN2O2. The molecule has 0 amide bonds. The van der Waals surface area contributed by atoms with Gasteiger partial charge in [-0.15, -0.1) is 0 Å². The van der Waals surface area contributed by atoms with E-state index in [9.17, 15) is 14.5 Å². The van der Waals surface area contributed by atoms with E-state index in [0.29, 0.717) is 12.2 Å². The Morgan fingerprint density at radius 3 is 2.77 bits per heavy atom. The van der Waals surface area contributed by atoms with Crippen LogP contribution >= 0.6 is 0 Å². The fourth-order valence-electron chi connectivity index (χ4n) is 0.986. The predicted octanol–water partition coefficient (Wildman–Crippen LogP) is 2.17. The van der Waals surface area contributed by atoms with Crippen molar-refractivity contribution in [2.75, 3.05) is 11.9 Å². The van der Waals surface area contributed by atoms with Crippen molar-refractivity contribution in [3.63, 3.8) is 0 Å². The van der Waals surface area contributed by atoms with Gasteiger partial charge in [0.1, 0.15) is 5.82 Å². The Morgan fingerprint density at radius 2 is 2.23 bits per heavy atom. The van der Waals surface area contributed by atoms with Crippen LogP contribution < -0.4 is 5.32 Å². The zero-order valence-electron chi connectivity index (χ0n) is 7.08. The number of nitrogens with one attached hydrogen (secondary N) is 1. The Bertz CT molecular complexity index is 328. The second kappa shape index (κ2) is 3.84. The van der Waals surface area contributed by atoms with Gasteiger partial charge in [0.15, 0.2) is 0 Å². The number of hydrogen-bond acceptors (Lipinski definition) is 3. The van der Waals surface area contributed by atoms with Crippen molar-refractivity contribution in [1.82, 2.24) is 0 Å². The summed E-state index contributed by atoms with van der Waals surface area (Å²) in [5.41, 5.74) is 0.185. The van der Waals surface area contributed by atoms with Crippen LogP contribution in [0.15, 0.2) is 18.2 Å². The zero-order chi connectivity index (χ0) is 9.84. The molecule has 0 aromatic heterocycles. The average Bonchev–Trinajstić information content (AvgIpc) is 2.03. The minimum atomic E-state index is -0.621. The molecule has 0 saturated heterocycles. The first-order chi connectivity index (χ1) is 6.13. The monoisotopic (exact) mass is 184 g/mol. The third-order valence-corrected chi connectivity index (χ3v) is 1.47. The summed E-state index contributed by atoms with van der Waals surface area (Å²) in [4.78, 5) is 9.70. The van der Waals surface area contributed by atoms with Crippen molar-refractivity contribution in [1.29, 1.82) is 0 Å². The summed E-state index contributed by atoms with van der Waals surface area (Å²) in [5.74, 6) is -0.606. The lowest BCUT2D eigenvalue weighted by atomic mass is 10.2. The van der Waals surface area contributed by atoms with Gasteiger partial charge in [0.25, 0.3) is 5.69 Å². The van der Waals surface area contributed by atoms with Gasteiger partial charge in [0, 0.05) is 18.3 Å². The second-order valence-electron chi connectivity index (χ2n) is 2.49. The zero-order valence-corrected chi connectivity index (χ0v) is 7.08. The molecule has 0 aliphatic heterocycles. The largest absolute Gasteiger partial charge is 0.385 e. The lowest BCUT2D eigenvalue weighted by molar-refractivity contribution is -0.385. The standard InChI is InChI=1S/C8H9FN2O2/c1-2-10-7-3-6(9)4-8(5-7)11(12)13/h3-5,10H,2H2,1H3. The Hall–Kier alpha value is -1.65. The van der Waals surface area contributed by atoms with E-state index < -0.39 is 10.7 Å². The molecule has 1 aromatic rings. The molecule has 0 bridgehead atoms. The molecule has 0 saturated carbocycles. The quantitative estimate of drug-likeness (QED) is 0.578. The van der Waals surface area contributed by atoms with Gasteiger partial charge in [-0.25, -0.2) is 4.39 Å². The van der Waals surface area contributed by atoms with Crippen molar-refractivity contribution >= 4 is 11.4 Å². The number of rotatable bonds is 3. The summed E-state index contributed by atoms with van der Waals surface area (Å²) < 4.78 is 12.8. The van der Waals surface area contributed by atoms with E-state index in [1.165, 1.54) is 12.1 Å². The van der Waals surface area contributed by atoms with E-state index in [1.54, 1.807) is 0 Å². The van der Waals surface area contributed by atoms with Gasteiger partial charge in [-0.1, -0.05) is 0 Å². The lowest BCUT2D eigenvalue weighted by Crippen LogP contribution is -1.98. The number of hydrogen-bond donors (Lipinski definition) is 1. The molecule has 0 aliphatic carbocycles. The first-order valence-corrected chi connectivity index (χ1v) is 3.82. The number of nitro groups is 1. The third-order valence-electron chi connectivity index (χ3n) is 1.47. The highest BCUT2D eigenvalue weighted by atomic mass is 19.1. The number of halogens is 1. The molecule has 0 radical (unpaired) electrons. The van der Waals surface area contributed by atoms with E-state index in [2.05, 4.69) is 5.32 Å². The van der Waals surface area contributed by atoms with Crippen LogP contribution in [0.2, 0.25) is 0 Å². The number of anilines is 1. The molecule has 0 heterocycles.